The summed E-state index contributed by atoms with van der Waals surface area (Å²) in [5, 5.41) is 1.32. The first-order valence-electron chi connectivity index (χ1n) is 6.45. The molecule has 0 aromatic heterocycles. The van der Waals surface area contributed by atoms with Crippen molar-refractivity contribution in [2.75, 3.05) is 13.7 Å². The Balaban J connectivity index is 1.82. The molecule has 1 fully saturated rings. The molecule has 2 unspecified atom stereocenters. The number of ether oxygens (including phenoxy) is 2. The number of nitrogens with one attached hydrogen (secondary N) is 1. The Morgan fingerprint density at radius 3 is 2.86 bits per heavy atom. The summed E-state index contributed by atoms with van der Waals surface area (Å²) in [5.41, 5.74) is 0.408. The number of hydrogen-bond acceptors (Lipinski definition) is 6. The van der Waals surface area contributed by atoms with Crippen LogP contribution in [0.2, 0.25) is 0 Å². The number of thioether (sulfide) groups is 1. The van der Waals surface area contributed by atoms with E-state index in [1.54, 1.807) is 18.2 Å². The lowest BCUT2D eigenvalue weighted by Gasteiger charge is -2.26. The van der Waals surface area contributed by atoms with E-state index in [-0.39, 0.29) is 30.0 Å². The van der Waals surface area contributed by atoms with Crippen LogP contribution in [0, 0.1) is 5.92 Å². The minimum Gasteiger partial charge on any atom is -0.496 e. The van der Waals surface area contributed by atoms with Gasteiger partial charge in [-0.2, -0.15) is 0 Å². The van der Waals surface area contributed by atoms with Crippen LogP contribution in [0.4, 0.5) is 4.79 Å². The summed E-state index contributed by atoms with van der Waals surface area (Å²) >= 11 is 0.922. The minimum absolute atomic E-state index is 0.110. The normalized spacial score (nSPS) is 24.3. The molecule has 3 rings (SSSR count). The molecule has 21 heavy (non-hydrogen) atoms. The fourth-order valence-electron chi connectivity index (χ4n) is 2.50. The van der Waals surface area contributed by atoms with E-state index in [9.17, 15) is 14.4 Å². The molecule has 1 saturated heterocycles. The van der Waals surface area contributed by atoms with Gasteiger partial charge in [-0.15, -0.1) is 0 Å². The fourth-order valence-corrected chi connectivity index (χ4v) is 3.41. The summed E-state index contributed by atoms with van der Waals surface area (Å²) in [5.74, 6) is 0.0463. The SMILES string of the molecule is COc1cccc2c1C(=O)C(CC1SC(=O)NC1=O)CO2. The molecule has 0 saturated carbocycles. The smallest absolute Gasteiger partial charge is 0.286 e. The number of amides is 2. The molecule has 7 heteroatoms. The maximum Gasteiger partial charge on any atom is 0.286 e. The molecule has 2 aliphatic rings. The molecular formula is C14H13NO5S. The molecule has 1 N–H and O–H groups in total. The van der Waals surface area contributed by atoms with Gasteiger partial charge in [0.15, 0.2) is 5.78 Å². The number of carbonyl (C=O) groups excluding carboxylic acids is 3. The molecule has 1 aromatic carbocycles. The van der Waals surface area contributed by atoms with Crippen molar-refractivity contribution in [3.63, 3.8) is 0 Å². The second kappa shape index (κ2) is 5.40. The first-order valence-corrected chi connectivity index (χ1v) is 7.33. The van der Waals surface area contributed by atoms with Crippen LogP contribution in [-0.2, 0) is 4.79 Å². The van der Waals surface area contributed by atoms with Crippen molar-refractivity contribution in [1.29, 1.82) is 0 Å². The van der Waals surface area contributed by atoms with Gasteiger partial charge in [0, 0.05) is 0 Å². The number of Topliss-reactive ketones (excluding diaryl/α,β-unsaturated/α-hetero) is 1. The number of fused-ring (bicyclic) bond motifs is 1. The fraction of sp³-hybridized carbons (Fsp3) is 0.357. The zero-order valence-corrected chi connectivity index (χ0v) is 12.1. The lowest BCUT2D eigenvalue weighted by molar-refractivity contribution is -0.119. The summed E-state index contributed by atoms with van der Waals surface area (Å²) in [4.78, 5) is 35.4. The predicted octanol–water partition coefficient (Wildman–Crippen LogP) is 1.63. The van der Waals surface area contributed by atoms with E-state index in [0.29, 0.717) is 17.1 Å². The van der Waals surface area contributed by atoms with E-state index in [1.807, 2.05) is 0 Å². The Kier molecular flexibility index (Phi) is 3.59. The van der Waals surface area contributed by atoms with Gasteiger partial charge in [0.1, 0.15) is 17.1 Å². The quantitative estimate of drug-likeness (QED) is 0.914. The number of benzene rings is 1. The molecule has 2 atom stereocenters. The van der Waals surface area contributed by atoms with E-state index >= 15 is 0 Å². The van der Waals surface area contributed by atoms with Crippen LogP contribution in [0.15, 0.2) is 18.2 Å². The van der Waals surface area contributed by atoms with Gasteiger partial charge in [0.25, 0.3) is 5.24 Å². The molecule has 2 aliphatic heterocycles. The lowest BCUT2D eigenvalue weighted by atomic mass is 9.90. The molecule has 2 amide bonds. The van der Waals surface area contributed by atoms with Crippen LogP contribution in [0.5, 0.6) is 11.5 Å². The van der Waals surface area contributed by atoms with Gasteiger partial charge in [0.2, 0.25) is 5.91 Å². The Bertz CT molecular complexity index is 616. The van der Waals surface area contributed by atoms with Crippen molar-refractivity contribution in [1.82, 2.24) is 5.32 Å². The van der Waals surface area contributed by atoms with Crippen molar-refractivity contribution in [2.45, 2.75) is 11.7 Å². The van der Waals surface area contributed by atoms with Gasteiger partial charge in [-0.05, 0) is 18.6 Å². The highest BCUT2D eigenvalue weighted by Crippen LogP contribution is 2.37. The Hall–Kier alpha value is -2.02. The topological polar surface area (TPSA) is 81.7 Å². The van der Waals surface area contributed by atoms with Gasteiger partial charge in [-0.3, -0.25) is 19.7 Å². The van der Waals surface area contributed by atoms with Crippen molar-refractivity contribution in [3.05, 3.63) is 23.8 Å². The third kappa shape index (κ3) is 2.49. The molecule has 0 spiro atoms. The Morgan fingerprint density at radius 2 is 2.19 bits per heavy atom. The molecule has 2 heterocycles. The monoisotopic (exact) mass is 307 g/mol. The molecule has 0 radical (unpaired) electrons. The maximum absolute atomic E-state index is 12.6. The van der Waals surface area contributed by atoms with Crippen molar-refractivity contribution >= 4 is 28.7 Å². The molecule has 1 aromatic rings. The highest BCUT2D eigenvalue weighted by Gasteiger charge is 2.39. The standard InChI is InChI=1S/C14H13NO5S/c1-19-8-3-2-4-9-11(8)12(16)7(6-20-9)5-10-13(17)15-14(18)21-10/h2-4,7,10H,5-6H2,1H3,(H,15,17,18). The van der Waals surface area contributed by atoms with Crippen LogP contribution >= 0.6 is 11.8 Å². The average molecular weight is 307 g/mol. The van der Waals surface area contributed by atoms with Crippen LogP contribution in [0.3, 0.4) is 0 Å². The summed E-state index contributed by atoms with van der Waals surface area (Å²) in [6.07, 6.45) is 0.276. The molecule has 0 aliphatic carbocycles. The highest BCUT2D eigenvalue weighted by molar-refractivity contribution is 8.15. The van der Waals surface area contributed by atoms with Gasteiger partial charge < -0.3 is 9.47 Å². The number of hydrogen-bond donors (Lipinski definition) is 1. The van der Waals surface area contributed by atoms with E-state index in [0.717, 1.165) is 11.8 Å². The van der Waals surface area contributed by atoms with E-state index < -0.39 is 11.2 Å². The zero-order chi connectivity index (χ0) is 15.0. The first kappa shape index (κ1) is 13.9. The van der Waals surface area contributed by atoms with E-state index in [2.05, 4.69) is 5.32 Å². The molecular weight excluding hydrogens is 294 g/mol. The highest BCUT2D eigenvalue weighted by atomic mass is 32.2. The van der Waals surface area contributed by atoms with E-state index in [4.69, 9.17) is 9.47 Å². The first-order chi connectivity index (χ1) is 10.1. The number of imide groups is 1. The zero-order valence-electron chi connectivity index (χ0n) is 11.3. The minimum atomic E-state index is -0.536. The van der Waals surface area contributed by atoms with Crippen molar-refractivity contribution < 1.29 is 23.9 Å². The number of rotatable bonds is 3. The maximum atomic E-state index is 12.6. The Labute approximate surface area is 125 Å². The second-order valence-corrected chi connectivity index (χ2v) is 6.00. The number of methoxy groups -OCH3 is 1. The number of ketones is 1. The summed E-state index contributed by atoms with van der Waals surface area (Å²) in [6, 6.07) is 5.17. The van der Waals surface area contributed by atoms with Crippen LogP contribution in [0.1, 0.15) is 16.8 Å². The van der Waals surface area contributed by atoms with Gasteiger partial charge in [-0.1, -0.05) is 17.8 Å². The third-order valence-corrected chi connectivity index (χ3v) is 4.54. The van der Waals surface area contributed by atoms with Gasteiger partial charge in [0.05, 0.1) is 24.9 Å². The third-order valence-electron chi connectivity index (χ3n) is 3.53. The molecule has 0 bridgehead atoms. The number of carbonyl (C=O) groups is 3. The average Bonchev–Trinajstić information content (AvgIpc) is 2.79. The van der Waals surface area contributed by atoms with Crippen LogP contribution in [0.25, 0.3) is 0 Å². The largest absolute Gasteiger partial charge is 0.496 e. The van der Waals surface area contributed by atoms with Crippen LogP contribution in [-0.4, -0.2) is 35.9 Å². The molecule has 110 valence electrons. The van der Waals surface area contributed by atoms with Crippen LogP contribution < -0.4 is 14.8 Å². The predicted molar refractivity (Wildman–Crippen MR) is 75.8 cm³/mol. The van der Waals surface area contributed by atoms with Crippen molar-refractivity contribution in [2.24, 2.45) is 5.92 Å². The van der Waals surface area contributed by atoms with Gasteiger partial charge in [-0.25, -0.2) is 0 Å². The Morgan fingerprint density at radius 1 is 1.38 bits per heavy atom. The summed E-state index contributed by atoms with van der Waals surface area (Å²) in [6.45, 7) is 0.206. The lowest BCUT2D eigenvalue weighted by Crippen LogP contribution is -2.33. The van der Waals surface area contributed by atoms with Gasteiger partial charge >= 0.3 is 0 Å². The van der Waals surface area contributed by atoms with E-state index in [1.165, 1.54) is 7.11 Å². The molecule has 6 nitrogen and oxygen atoms in total. The van der Waals surface area contributed by atoms with Crippen molar-refractivity contribution in [3.8, 4) is 11.5 Å². The second-order valence-electron chi connectivity index (χ2n) is 4.82. The summed E-state index contributed by atoms with van der Waals surface area (Å²) < 4.78 is 10.8. The summed E-state index contributed by atoms with van der Waals surface area (Å²) in [7, 11) is 1.49.